The molecular weight excluding hydrogens is 217 g/mol. The normalized spacial score (nSPS) is 12.1. The first-order valence-corrected chi connectivity index (χ1v) is 5.39. The van der Waals surface area contributed by atoms with Crippen molar-refractivity contribution < 1.29 is 9.18 Å². The van der Waals surface area contributed by atoms with Crippen molar-refractivity contribution in [1.29, 1.82) is 0 Å². The zero-order valence-corrected chi connectivity index (χ0v) is 9.43. The molecule has 1 heterocycles. The van der Waals surface area contributed by atoms with Crippen molar-refractivity contribution >= 4 is 5.78 Å². The van der Waals surface area contributed by atoms with Crippen LogP contribution in [0.15, 0.2) is 48.8 Å². The van der Waals surface area contributed by atoms with Crippen LogP contribution >= 0.6 is 0 Å². The lowest BCUT2D eigenvalue weighted by Gasteiger charge is -2.11. The van der Waals surface area contributed by atoms with E-state index in [-0.39, 0.29) is 11.6 Å². The average Bonchev–Trinajstić information content (AvgIpc) is 2.39. The Kier molecular flexibility index (Phi) is 3.28. The van der Waals surface area contributed by atoms with Gasteiger partial charge in [0.1, 0.15) is 5.82 Å². The van der Waals surface area contributed by atoms with Gasteiger partial charge in [-0.25, -0.2) is 4.39 Å². The molecule has 2 aromatic rings. The molecule has 0 aliphatic heterocycles. The number of hydrogen-bond acceptors (Lipinski definition) is 2. The lowest BCUT2D eigenvalue weighted by molar-refractivity contribution is 0.0964. The summed E-state index contributed by atoms with van der Waals surface area (Å²) in [6.07, 6.45) is 3.10. The van der Waals surface area contributed by atoms with E-state index in [1.807, 2.05) is 0 Å². The predicted molar refractivity (Wildman–Crippen MR) is 63.4 cm³/mol. The number of nitrogens with zero attached hydrogens (tertiary/aromatic N) is 1. The largest absolute Gasteiger partial charge is 0.293 e. The van der Waals surface area contributed by atoms with Crippen molar-refractivity contribution in [2.45, 2.75) is 12.8 Å². The van der Waals surface area contributed by atoms with Gasteiger partial charge in [0.25, 0.3) is 0 Å². The fourth-order valence-corrected chi connectivity index (χ4v) is 1.73. The first-order chi connectivity index (χ1) is 8.20. The Morgan fingerprint density at radius 1 is 1.24 bits per heavy atom. The van der Waals surface area contributed by atoms with E-state index >= 15 is 0 Å². The van der Waals surface area contributed by atoms with Crippen molar-refractivity contribution in [3.8, 4) is 0 Å². The molecule has 0 saturated heterocycles. The van der Waals surface area contributed by atoms with E-state index in [1.165, 1.54) is 12.3 Å². The number of benzene rings is 1. The monoisotopic (exact) mass is 229 g/mol. The molecule has 3 heteroatoms. The summed E-state index contributed by atoms with van der Waals surface area (Å²) in [4.78, 5) is 16.0. The average molecular weight is 229 g/mol. The van der Waals surface area contributed by atoms with Gasteiger partial charge in [0.2, 0.25) is 0 Å². The van der Waals surface area contributed by atoms with Crippen LogP contribution in [0.25, 0.3) is 0 Å². The Hall–Kier alpha value is -2.03. The van der Waals surface area contributed by atoms with Gasteiger partial charge in [0.05, 0.1) is 0 Å². The summed E-state index contributed by atoms with van der Waals surface area (Å²) in [7, 11) is 0. The second kappa shape index (κ2) is 4.87. The van der Waals surface area contributed by atoms with Gasteiger partial charge in [-0.05, 0) is 23.8 Å². The van der Waals surface area contributed by atoms with Crippen LogP contribution in [0.5, 0.6) is 0 Å². The molecule has 0 aliphatic rings. The SMILES string of the molecule is CC(C(=O)c1cccnc1)c1ccccc1F. The third-order valence-corrected chi connectivity index (χ3v) is 2.71. The van der Waals surface area contributed by atoms with Crippen LogP contribution in [-0.2, 0) is 0 Å². The number of halogens is 1. The van der Waals surface area contributed by atoms with Gasteiger partial charge in [-0.3, -0.25) is 9.78 Å². The molecule has 0 radical (unpaired) electrons. The summed E-state index contributed by atoms with van der Waals surface area (Å²) in [6, 6.07) is 9.72. The van der Waals surface area contributed by atoms with E-state index < -0.39 is 5.92 Å². The molecule has 2 nitrogen and oxygen atoms in total. The first kappa shape index (κ1) is 11.5. The lowest BCUT2D eigenvalue weighted by Crippen LogP contribution is -2.11. The summed E-state index contributed by atoms with van der Waals surface area (Å²) >= 11 is 0. The molecule has 0 aliphatic carbocycles. The minimum absolute atomic E-state index is 0.122. The van der Waals surface area contributed by atoms with Gasteiger partial charge in [-0.15, -0.1) is 0 Å². The molecule has 1 aromatic heterocycles. The zero-order valence-electron chi connectivity index (χ0n) is 9.43. The number of pyridine rings is 1. The predicted octanol–water partition coefficient (Wildman–Crippen LogP) is 3.21. The minimum atomic E-state index is -0.500. The smallest absolute Gasteiger partial charge is 0.171 e. The third kappa shape index (κ3) is 2.38. The van der Waals surface area contributed by atoms with Crippen molar-refractivity contribution in [2.75, 3.05) is 0 Å². The Morgan fingerprint density at radius 2 is 2.00 bits per heavy atom. The second-order valence-electron chi connectivity index (χ2n) is 3.85. The Morgan fingerprint density at radius 3 is 2.65 bits per heavy atom. The topological polar surface area (TPSA) is 30.0 Å². The lowest BCUT2D eigenvalue weighted by atomic mass is 9.93. The number of aromatic nitrogens is 1. The van der Waals surface area contributed by atoms with E-state index in [0.717, 1.165) is 0 Å². The van der Waals surface area contributed by atoms with Crippen LogP contribution in [0, 0.1) is 5.82 Å². The molecule has 0 fully saturated rings. The Labute approximate surface area is 99.1 Å². The summed E-state index contributed by atoms with van der Waals surface area (Å²) in [5, 5.41) is 0. The minimum Gasteiger partial charge on any atom is -0.293 e. The maximum absolute atomic E-state index is 13.5. The standard InChI is InChI=1S/C14H12FNO/c1-10(12-6-2-3-7-13(12)15)14(17)11-5-4-8-16-9-11/h2-10H,1H3. The van der Waals surface area contributed by atoms with Crippen LogP contribution in [0.3, 0.4) is 0 Å². The van der Waals surface area contributed by atoms with Crippen LogP contribution in [-0.4, -0.2) is 10.8 Å². The quantitative estimate of drug-likeness (QED) is 0.756. The maximum atomic E-state index is 13.5. The molecule has 0 amide bonds. The molecule has 0 bridgehead atoms. The number of carbonyl (C=O) groups is 1. The number of hydrogen-bond donors (Lipinski definition) is 0. The summed E-state index contributed by atoms with van der Waals surface area (Å²) < 4.78 is 13.5. The highest BCUT2D eigenvalue weighted by molar-refractivity contribution is 6.00. The first-order valence-electron chi connectivity index (χ1n) is 5.39. The second-order valence-corrected chi connectivity index (χ2v) is 3.85. The van der Waals surface area contributed by atoms with Crippen LogP contribution < -0.4 is 0 Å². The third-order valence-electron chi connectivity index (χ3n) is 2.71. The van der Waals surface area contributed by atoms with Crippen molar-refractivity contribution in [3.05, 3.63) is 65.7 Å². The van der Waals surface area contributed by atoms with Crippen LogP contribution in [0.4, 0.5) is 4.39 Å². The van der Waals surface area contributed by atoms with Gasteiger partial charge in [0, 0.05) is 23.9 Å². The van der Waals surface area contributed by atoms with E-state index in [1.54, 1.807) is 43.5 Å². The number of Topliss-reactive ketones (excluding diaryl/α,β-unsaturated/α-hetero) is 1. The summed E-state index contributed by atoms with van der Waals surface area (Å²) in [6.45, 7) is 1.70. The molecular formula is C14H12FNO. The molecule has 0 saturated carbocycles. The van der Waals surface area contributed by atoms with Gasteiger partial charge < -0.3 is 0 Å². The molecule has 2 rings (SSSR count). The molecule has 1 aromatic carbocycles. The fraction of sp³-hybridized carbons (Fsp3) is 0.143. The number of ketones is 1. The van der Waals surface area contributed by atoms with Crippen molar-refractivity contribution in [2.24, 2.45) is 0 Å². The Balaban J connectivity index is 2.30. The zero-order chi connectivity index (χ0) is 12.3. The molecule has 1 atom stereocenters. The summed E-state index contributed by atoms with van der Waals surface area (Å²) in [5.41, 5.74) is 0.921. The Bertz CT molecular complexity index is 525. The molecule has 0 N–H and O–H groups in total. The molecule has 0 spiro atoms. The fourth-order valence-electron chi connectivity index (χ4n) is 1.73. The van der Waals surface area contributed by atoms with Crippen molar-refractivity contribution in [3.63, 3.8) is 0 Å². The number of rotatable bonds is 3. The van der Waals surface area contributed by atoms with Gasteiger partial charge in [-0.2, -0.15) is 0 Å². The molecule has 1 unspecified atom stereocenters. The van der Waals surface area contributed by atoms with E-state index in [0.29, 0.717) is 11.1 Å². The highest BCUT2D eigenvalue weighted by Crippen LogP contribution is 2.22. The van der Waals surface area contributed by atoms with E-state index in [9.17, 15) is 9.18 Å². The van der Waals surface area contributed by atoms with Gasteiger partial charge in [0.15, 0.2) is 5.78 Å². The van der Waals surface area contributed by atoms with E-state index in [2.05, 4.69) is 4.98 Å². The molecule has 86 valence electrons. The van der Waals surface area contributed by atoms with Crippen LogP contribution in [0.2, 0.25) is 0 Å². The maximum Gasteiger partial charge on any atom is 0.171 e. The van der Waals surface area contributed by atoms with Gasteiger partial charge >= 0.3 is 0 Å². The summed E-state index contributed by atoms with van der Waals surface area (Å²) in [5.74, 6) is -0.971. The van der Waals surface area contributed by atoms with Crippen molar-refractivity contribution in [1.82, 2.24) is 4.98 Å². The van der Waals surface area contributed by atoms with E-state index in [4.69, 9.17) is 0 Å². The van der Waals surface area contributed by atoms with Gasteiger partial charge in [-0.1, -0.05) is 25.1 Å². The number of carbonyl (C=O) groups excluding carboxylic acids is 1. The molecule has 17 heavy (non-hydrogen) atoms. The highest BCUT2D eigenvalue weighted by Gasteiger charge is 2.19. The van der Waals surface area contributed by atoms with Crippen LogP contribution in [0.1, 0.15) is 28.8 Å². The highest BCUT2D eigenvalue weighted by atomic mass is 19.1.